The summed E-state index contributed by atoms with van der Waals surface area (Å²) in [5.41, 5.74) is 3.03. The fraction of sp³-hybridized carbons (Fsp3) is 0.571. The second kappa shape index (κ2) is 8.23. The van der Waals surface area contributed by atoms with Gasteiger partial charge in [0.1, 0.15) is 5.58 Å². The third-order valence-corrected chi connectivity index (χ3v) is 5.39. The minimum absolute atomic E-state index is 0.213. The molecule has 142 valence electrons. The van der Waals surface area contributed by atoms with E-state index in [-0.39, 0.29) is 5.91 Å². The number of carbonyl (C=O) groups excluding carboxylic acids is 1. The first-order valence-electron chi connectivity index (χ1n) is 9.53. The lowest BCUT2D eigenvalue weighted by molar-refractivity contribution is -0.133. The molecule has 2 aromatic rings. The van der Waals surface area contributed by atoms with Gasteiger partial charge in [0.25, 0.3) is 0 Å². The number of piperidine rings is 1. The summed E-state index contributed by atoms with van der Waals surface area (Å²) < 4.78 is 5.68. The van der Waals surface area contributed by atoms with Crippen LogP contribution in [0.25, 0.3) is 11.0 Å². The zero-order valence-electron chi connectivity index (χ0n) is 16.5. The third kappa shape index (κ3) is 4.46. The molecule has 0 radical (unpaired) electrons. The highest BCUT2D eigenvalue weighted by atomic mass is 16.3. The lowest BCUT2D eigenvalue weighted by atomic mass is 10.0. The summed E-state index contributed by atoms with van der Waals surface area (Å²) in [5.74, 6) is 0.213. The van der Waals surface area contributed by atoms with Crippen molar-refractivity contribution >= 4 is 16.9 Å². The summed E-state index contributed by atoms with van der Waals surface area (Å²) >= 11 is 0. The Morgan fingerprint density at radius 1 is 1.23 bits per heavy atom. The normalized spacial score (nSPS) is 16.5. The average Bonchev–Trinajstić information content (AvgIpc) is 2.98. The molecule has 0 atom stereocenters. The molecule has 0 bridgehead atoms. The van der Waals surface area contributed by atoms with Gasteiger partial charge in [-0.25, -0.2) is 0 Å². The Bertz CT molecular complexity index is 745. The molecular weight excluding hydrogens is 326 g/mol. The Kier molecular flexibility index (Phi) is 5.99. The zero-order chi connectivity index (χ0) is 18.7. The van der Waals surface area contributed by atoms with E-state index in [9.17, 15) is 4.79 Å². The first-order valence-corrected chi connectivity index (χ1v) is 9.53. The monoisotopic (exact) mass is 357 g/mol. The van der Waals surface area contributed by atoms with Gasteiger partial charge in [0.15, 0.2) is 0 Å². The molecule has 0 N–H and O–H groups in total. The molecule has 0 saturated carbocycles. The lowest BCUT2D eigenvalue weighted by Gasteiger charge is -2.38. The number of furan rings is 1. The maximum Gasteiger partial charge on any atom is 0.227 e. The molecule has 0 spiro atoms. The molecular formula is C21H31N3O2. The first kappa shape index (κ1) is 18.9. The largest absolute Gasteiger partial charge is 0.464 e. The van der Waals surface area contributed by atoms with Crippen molar-refractivity contribution in [2.24, 2.45) is 0 Å². The number of carbonyl (C=O) groups is 1. The molecule has 1 aliphatic rings. The number of nitrogens with zero attached hydrogens (tertiary/aromatic N) is 3. The van der Waals surface area contributed by atoms with E-state index in [4.69, 9.17) is 4.42 Å². The van der Waals surface area contributed by atoms with Crippen LogP contribution < -0.4 is 0 Å². The Morgan fingerprint density at radius 3 is 2.65 bits per heavy atom. The number of rotatable bonds is 6. The molecule has 1 amide bonds. The van der Waals surface area contributed by atoms with Gasteiger partial charge < -0.3 is 19.1 Å². The predicted molar refractivity (Wildman–Crippen MR) is 105 cm³/mol. The van der Waals surface area contributed by atoms with Crippen molar-refractivity contribution in [2.45, 2.75) is 32.2 Å². The number of aryl methyl sites for hydroxylation is 1. The molecule has 0 unspecified atom stereocenters. The van der Waals surface area contributed by atoms with Crippen LogP contribution in [0.5, 0.6) is 0 Å². The highest BCUT2D eigenvalue weighted by Gasteiger charge is 2.27. The lowest BCUT2D eigenvalue weighted by Crippen LogP contribution is -2.49. The fourth-order valence-electron chi connectivity index (χ4n) is 3.72. The van der Waals surface area contributed by atoms with E-state index in [1.54, 1.807) is 6.26 Å². The van der Waals surface area contributed by atoms with E-state index in [1.165, 1.54) is 5.56 Å². The first-order chi connectivity index (χ1) is 12.4. The summed E-state index contributed by atoms with van der Waals surface area (Å²) in [5, 5.41) is 1.06. The molecule has 1 aromatic heterocycles. The molecule has 1 aliphatic heterocycles. The van der Waals surface area contributed by atoms with Gasteiger partial charge in [0, 0.05) is 30.1 Å². The summed E-state index contributed by atoms with van der Waals surface area (Å²) in [7, 11) is 6.27. The van der Waals surface area contributed by atoms with Crippen molar-refractivity contribution < 1.29 is 9.21 Å². The maximum atomic E-state index is 13.2. The minimum atomic E-state index is 0.213. The Hall–Kier alpha value is -1.85. The van der Waals surface area contributed by atoms with E-state index in [0.717, 1.165) is 55.6 Å². The Labute approximate surface area is 156 Å². The van der Waals surface area contributed by atoms with Gasteiger partial charge >= 0.3 is 0 Å². The number of fused-ring (bicyclic) bond motifs is 1. The molecule has 26 heavy (non-hydrogen) atoms. The fourth-order valence-corrected chi connectivity index (χ4v) is 3.72. The van der Waals surface area contributed by atoms with E-state index in [2.05, 4.69) is 54.9 Å². The van der Waals surface area contributed by atoms with E-state index < -0.39 is 0 Å². The van der Waals surface area contributed by atoms with Crippen molar-refractivity contribution in [1.82, 2.24) is 14.7 Å². The van der Waals surface area contributed by atoms with Crippen molar-refractivity contribution in [3.8, 4) is 0 Å². The van der Waals surface area contributed by atoms with Gasteiger partial charge in [0.05, 0.1) is 12.7 Å². The van der Waals surface area contributed by atoms with Gasteiger partial charge in [-0.05, 0) is 65.6 Å². The molecule has 1 aromatic carbocycles. The van der Waals surface area contributed by atoms with Crippen molar-refractivity contribution in [2.75, 3.05) is 47.3 Å². The van der Waals surface area contributed by atoms with Crippen LogP contribution >= 0.6 is 0 Å². The van der Waals surface area contributed by atoms with Gasteiger partial charge in [-0.3, -0.25) is 4.79 Å². The van der Waals surface area contributed by atoms with Gasteiger partial charge in [-0.15, -0.1) is 0 Å². The van der Waals surface area contributed by atoms with E-state index in [1.807, 2.05) is 6.07 Å². The number of likely N-dealkylation sites (N-methyl/N-ethyl adjacent to an activating group) is 1. The van der Waals surface area contributed by atoms with Crippen LogP contribution in [0.4, 0.5) is 0 Å². The molecule has 3 rings (SSSR count). The van der Waals surface area contributed by atoms with Gasteiger partial charge in [0.2, 0.25) is 5.91 Å². The molecule has 2 heterocycles. The summed E-state index contributed by atoms with van der Waals surface area (Å²) in [6.45, 7) is 5.85. The van der Waals surface area contributed by atoms with Crippen LogP contribution in [-0.4, -0.2) is 74.0 Å². The maximum absolute atomic E-state index is 13.2. The molecule has 1 fully saturated rings. The highest BCUT2D eigenvalue weighted by Crippen LogP contribution is 2.24. The van der Waals surface area contributed by atoms with Crippen LogP contribution in [0.1, 0.15) is 24.0 Å². The number of hydrogen-bond donors (Lipinski definition) is 0. The predicted octanol–water partition coefficient (Wildman–Crippen LogP) is 2.77. The topological polar surface area (TPSA) is 39.9 Å². The summed E-state index contributed by atoms with van der Waals surface area (Å²) in [4.78, 5) is 19.8. The molecule has 0 aliphatic carbocycles. The number of likely N-dealkylation sites (tertiary alicyclic amines) is 1. The van der Waals surface area contributed by atoms with Crippen molar-refractivity contribution in [1.29, 1.82) is 0 Å². The van der Waals surface area contributed by atoms with Crippen LogP contribution in [0.2, 0.25) is 0 Å². The Balaban J connectivity index is 1.75. The number of amides is 1. The van der Waals surface area contributed by atoms with Crippen molar-refractivity contribution in [3.63, 3.8) is 0 Å². The SMILES string of the molecule is Cc1ccc2c(CC(=O)N(CCN(C)C)C3CCN(C)CC3)coc2c1. The Morgan fingerprint density at radius 2 is 1.96 bits per heavy atom. The molecule has 5 heteroatoms. The van der Waals surface area contributed by atoms with Gasteiger partial charge in [-0.1, -0.05) is 12.1 Å². The van der Waals surface area contributed by atoms with Crippen LogP contribution in [-0.2, 0) is 11.2 Å². The van der Waals surface area contributed by atoms with Crippen LogP contribution in [0.3, 0.4) is 0 Å². The van der Waals surface area contributed by atoms with E-state index >= 15 is 0 Å². The second-order valence-corrected chi connectivity index (χ2v) is 7.86. The zero-order valence-corrected chi connectivity index (χ0v) is 16.5. The molecule has 1 saturated heterocycles. The summed E-state index contributed by atoms with van der Waals surface area (Å²) in [6, 6.07) is 6.52. The van der Waals surface area contributed by atoms with Gasteiger partial charge in [-0.2, -0.15) is 0 Å². The smallest absolute Gasteiger partial charge is 0.227 e. The summed E-state index contributed by atoms with van der Waals surface area (Å²) in [6.07, 6.45) is 4.28. The highest BCUT2D eigenvalue weighted by molar-refractivity contribution is 5.88. The third-order valence-electron chi connectivity index (χ3n) is 5.39. The van der Waals surface area contributed by atoms with Crippen LogP contribution in [0, 0.1) is 6.92 Å². The average molecular weight is 357 g/mol. The quantitative estimate of drug-likeness (QED) is 0.797. The van der Waals surface area contributed by atoms with Crippen molar-refractivity contribution in [3.05, 3.63) is 35.6 Å². The standard InChI is InChI=1S/C21H31N3O2/c1-16-5-6-19-17(15-26-20(19)13-16)14-21(25)24(12-11-22(2)3)18-7-9-23(4)10-8-18/h5-6,13,15,18H,7-12,14H2,1-4H3. The second-order valence-electron chi connectivity index (χ2n) is 7.86. The minimum Gasteiger partial charge on any atom is -0.464 e. The van der Waals surface area contributed by atoms with E-state index in [0.29, 0.717) is 12.5 Å². The molecule has 5 nitrogen and oxygen atoms in total. The number of benzene rings is 1. The number of hydrogen-bond acceptors (Lipinski definition) is 4. The van der Waals surface area contributed by atoms with Crippen LogP contribution in [0.15, 0.2) is 28.9 Å².